The van der Waals surface area contributed by atoms with E-state index in [1.807, 2.05) is 54.6 Å². The Kier molecular flexibility index (Phi) is 5.62. The van der Waals surface area contributed by atoms with Gasteiger partial charge in [0.1, 0.15) is 5.75 Å². The molecule has 0 aliphatic heterocycles. The van der Waals surface area contributed by atoms with Gasteiger partial charge in [-0.3, -0.25) is 0 Å². The molecule has 20 heavy (non-hydrogen) atoms. The Morgan fingerprint density at radius 1 is 0.750 bits per heavy atom. The van der Waals surface area contributed by atoms with Gasteiger partial charge in [0.2, 0.25) is 0 Å². The van der Waals surface area contributed by atoms with Crippen molar-refractivity contribution in [1.29, 1.82) is 0 Å². The molecule has 0 amide bonds. The molecule has 0 saturated carbocycles. The van der Waals surface area contributed by atoms with Gasteiger partial charge in [0.05, 0.1) is 13.2 Å². The van der Waals surface area contributed by atoms with Gasteiger partial charge in [0.25, 0.3) is 0 Å². The average Bonchev–Trinajstić information content (AvgIpc) is 2.49. The molecule has 2 aromatic rings. The third-order valence-electron chi connectivity index (χ3n) is 2.74. The number of hydrogen-bond acceptors (Lipinski definition) is 2. The number of hydrogen-bond donors (Lipinski definition) is 1. The number of aromatic hydroxyl groups is 1. The van der Waals surface area contributed by atoms with Crippen molar-refractivity contribution in [3.63, 3.8) is 0 Å². The highest BCUT2D eigenvalue weighted by molar-refractivity contribution is 5.50. The van der Waals surface area contributed by atoms with Gasteiger partial charge < -0.3 is 9.84 Å². The van der Waals surface area contributed by atoms with Crippen LogP contribution in [-0.2, 0) is 4.74 Å². The van der Waals surface area contributed by atoms with Crippen LogP contribution in [0.4, 0.5) is 0 Å². The molecule has 0 bridgehead atoms. The van der Waals surface area contributed by atoms with E-state index < -0.39 is 0 Å². The maximum Gasteiger partial charge on any atom is 0.115 e. The Hall–Kier alpha value is -2.32. The zero-order chi connectivity index (χ0) is 14.0. The third-order valence-corrected chi connectivity index (χ3v) is 2.74. The minimum absolute atomic E-state index is 0.282. The van der Waals surface area contributed by atoms with Gasteiger partial charge >= 0.3 is 0 Å². The topological polar surface area (TPSA) is 29.5 Å². The highest BCUT2D eigenvalue weighted by Gasteiger charge is 1.87. The molecule has 1 N–H and O–H groups in total. The second-order valence-corrected chi connectivity index (χ2v) is 4.34. The first-order chi connectivity index (χ1) is 9.84. The van der Waals surface area contributed by atoms with Crippen LogP contribution < -0.4 is 0 Å². The normalized spacial score (nSPS) is 11.4. The van der Waals surface area contributed by atoms with E-state index in [1.54, 1.807) is 12.1 Å². The summed E-state index contributed by atoms with van der Waals surface area (Å²) in [6.07, 6.45) is 7.98. The number of benzene rings is 2. The SMILES string of the molecule is Oc1ccc(/C=C/COC/C=C/c2ccccc2)cc1. The van der Waals surface area contributed by atoms with Gasteiger partial charge in [-0.1, -0.05) is 66.8 Å². The second-order valence-electron chi connectivity index (χ2n) is 4.34. The maximum atomic E-state index is 9.16. The molecule has 0 atom stereocenters. The van der Waals surface area contributed by atoms with Crippen LogP contribution in [0.1, 0.15) is 11.1 Å². The summed E-state index contributed by atoms with van der Waals surface area (Å²) in [6.45, 7) is 1.16. The third kappa shape index (κ3) is 5.12. The maximum absolute atomic E-state index is 9.16. The fourth-order valence-electron chi connectivity index (χ4n) is 1.72. The Balaban J connectivity index is 1.66. The zero-order valence-corrected chi connectivity index (χ0v) is 11.3. The molecule has 0 fully saturated rings. The van der Waals surface area contributed by atoms with Gasteiger partial charge in [-0.15, -0.1) is 0 Å². The first-order valence-electron chi connectivity index (χ1n) is 6.59. The summed E-state index contributed by atoms with van der Waals surface area (Å²) in [5.74, 6) is 0.282. The number of phenols is 1. The van der Waals surface area contributed by atoms with Crippen LogP contribution in [-0.4, -0.2) is 18.3 Å². The molecule has 0 aliphatic carbocycles. The Labute approximate surface area is 119 Å². The van der Waals surface area contributed by atoms with Crippen LogP contribution in [0.5, 0.6) is 5.75 Å². The molecular weight excluding hydrogens is 248 g/mol. The lowest BCUT2D eigenvalue weighted by molar-refractivity contribution is 0.195. The molecule has 0 aliphatic rings. The number of phenolic OH excluding ortho intramolecular Hbond substituents is 1. The summed E-state index contributed by atoms with van der Waals surface area (Å²) in [7, 11) is 0. The molecule has 0 unspecified atom stereocenters. The van der Waals surface area contributed by atoms with Crippen LogP contribution in [0.25, 0.3) is 12.2 Å². The fourth-order valence-corrected chi connectivity index (χ4v) is 1.72. The van der Waals surface area contributed by atoms with E-state index in [2.05, 4.69) is 12.1 Å². The Morgan fingerprint density at radius 3 is 1.90 bits per heavy atom. The van der Waals surface area contributed by atoms with E-state index in [1.165, 1.54) is 5.56 Å². The predicted octanol–water partition coefficient (Wildman–Crippen LogP) is 4.14. The minimum Gasteiger partial charge on any atom is -0.508 e. The lowest BCUT2D eigenvalue weighted by Gasteiger charge is -1.97. The molecule has 102 valence electrons. The molecule has 0 radical (unpaired) electrons. The monoisotopic (exact) mass is 266 g/mol. The van der Waals surface area contributed by atoms with Gasteiger partial charge in [-0.2, -0.15) is 0 Å². The lowest BCUT2D eigenvalue weighted by Crippen LogP contribution is -1.90. The molecule has 0 heterocycles. The summed E-state index contributed by atoms with van der Waals surface area (Å²) >= 11 is 0. The molecule has 2 heteroatoms. The molecule has 0 spiro atoms. The van der Waals surface area contributed by atoms with Crippen LogP contribution in [0.3, 0.4) is 0 Å². The first-order valence-corrected chi connectivity index (χ1v) is 6.59. The smallest absolute Gasteiger partial charge is 0.115 e. The van der Waals surface area contributed by atoms with Crippen molar-refractivity contribution in [3.8, 4) is 5.75 Å². The van der Waals surface area contributed by atoms with E-state index in [9.17, 15) is 0 Å². The largest absolute Gasteiger partial charge is 0.508 e. The van der Waals surface area contributed by atoms with Crippen molar-refractivity contribution in [2.45, 2.75) is 0 Å². The Bertz CT molecular complexity index is 554. The standard InChI is InChI=1S/C18H18O2/c19-18-12-10-17(11-13-18)9-5-15-20-14-4-8-16-6-2-1-3-7-16/h1-13,19H,14-15H2/b8-4+,9-5+. The molecule has 0 aromatic heterocycles. The quantitative estimate of drug-likeness (QED) is 0.796. The molecule has 2 rings (SSSR count). The van der Waals surface area contributed by atoms with Crippen molar-refractivity contribution < 1.29 is 9.84 Å². The van der Waals surface area contributed by atoms with Crippen LogP contribution in [0.2, 0.25) is 0 Å². The minimum atomic E-state index is 0.282. The zero-order valence-electron chi connectivity index (χ0n) is 11.3. The summed E-state index contributed by atoms with van der Waals surface area (Å²) in [5.41, 5.74) is 2.22. The van der Waals surface area contributed by atoms with Crippen LogP contribution >= 0.6 is 0 Å². The summed E-state index contributed by atoms with van der Waals surface area (Å²) < 4.78 is 5.48. The summed E-state index contributed by atoms with van der Waals surface area (Å²) in [4.78, 5) is 0. The number of rotatable bonds is 6. The average molecular weight is 266 g/mol. The summed E-state index contributed by atoms with van der Waals surface area (Å²) in [5, 5.41) is 9.16. The van der Waals surface area contributed by atoms with Gasteiger partial charge in [-0.25, -0.2) is 0 Å². The summed E-state index contributed by atoms with van der Waals surface area (Å²) in [6, 6.07) is 17.2. The van der Waals surface area contributed by atoms with Crippen molar-refractivity contribution in [1.82, 2.24) is 0 Å². The van der Waals surface area contributed by atoms with Crippen molar-refractivity contribution in [2.75, 3.05) is 13.2 Å². The fraction of sp³-hybridized carbons (Fsp3) is 0.111. The molecule has 2 nitrogen and oxygen atoms in total. The highest BCUT2D eigenvalue weighted by Crippen LogP contribution is 2.10. The second kappa shape index (κ2) is 7.97. The van der Waals surface area contributed by atoms with Gasteiger partial charge in [-0.05, 0) is 23.3 Å². The van der Waals surface area contributed by atoms with E-state index in [4.69, 9.17) is 9.84 Å². The molecule has 2 aromatic carbocycles. The van der Waals surface area contributed by atoms with E-state index >= 15 is 0 Å². The number of ether oxygens (including phenoxy) is 1. The molecular formula is C18H18O2. The molecule has 0 saturated heterocycles. The lowest BCUT2D eigenvalue weighted by atomic mass is 10.2. The van der Waals surface area contributed by atoms with Crippen molar-refractivity contribution in [3.05, 3.63) is 77.9 Å². The van der Waals surface area contributed by atoms with Gasteiger partial charge in [0.15, 0.2) is 0 Å². The predicted molar refractivity (Wildman–Crippen MR) is 83.4 cm³/mol. The van der Waals surface area contributed by atoms with Crippen molar-refractivity contribution in [2.24, 2.45) is 0 Å². The van der Waals surface area contributed by atoms with Crippen molar-refractivity contribution >= 4 is 12.2 Å². The van der Waals surface area contributed by atoms with E-state index in [-0.39, 0.29) is 5.75 Å². The van der Waals surface area contributed by atoms with Crippen LogP contribution in [0.15, 0.2) is 66.7 Å². The van der Waals surface area contributed by atoms with Crippen LogP contribution in [0, 0.1) is 0 Å². The first kappa shape index (κ1) is 14.1. The Morgan fingerprint density at radius 2 is 1.30 bits per heavy atom. The van der Waals surface area contributed by atoms with E-state index in [0.29, 0.717) is 13.2 Å². The van der Waals surface area contributed by atoms with E-state index in [0.717, 1.165) is 5.56 Å². The van der Waals surface area contributed by atoms with Gasteiger partial charge in [0, 0.05) is 0 Å². The highest BCUT2D eigenvalue weighted by atomic mass is 16.5.